The number of hydrogen-bond donors (Lipinski definition) is 2. The van der Waals surface area contributed by atoms with Crippen LogP contribution in [0.3, 0.4) is 0 Å². The Balaban J connectivity index is 2.88. The van der Waals surface area contributed by atoms with Crippen LogP contribution in [0.4, 0.5) is 5.69 Å². The third kappa shape index (κ3) is 4.66. The Bertz CT molecular complexity index is 473. The fourth-order valence-corrected chi connectivity index (χ4v) is 1.64. The second kappa shape index (κ2) is 6.27. The Morgan fingerprint density at radius 2 is 2.11 bits per heavy atom. The van der Waals surface area contributed by atoms with Crippen molar-refractivity contribution in [3.63, 3.8) is 0 Å². The van der Waals surface area contributed by atoms with E-state index in [0.717, 1.165) is 17.5 Å². The van der Waals surface area contributed by atoms with Gasteiger partial charge in [-0.3, -0.25) is 0 Å². The third-order valence-corrected chi connectivity index (χ3v) is 2.74. The van der Waals surface area contributed by atoms with Gasteiger partial charge in [-0.25, -0.2) is 4.79 Å². The summed E-state index contributed by atoms with van der Waals surface area (Å²) < 4.78 is 5.29. The van der Waals surface area contributed by atoms with Crippen LogP contribution in [0.5, 0.6) is 5.75 Å². The van der Waals surface area contributed by atoms with E-state index in [1.165, 1.54) is 5.56 Å². The van der Waals surface area contributed by atoms with Crippen molar-refractivity contribution in [2.75, 3.05) is 19.0 Å². The molecular weight excluding hydrogens is 242 g/mol. The van der Waals surface area contributed by atoms with E-state index >= 15 is 0 Å². The molecule has 0 fully saturated rings. The summed E-state index contributed by atoms with van der Waals surface area (Å²) in [6.07, 6.45) is 2.68. The van der Waals surface area contributed by atoms with Gasteiger partial charge in [-0.2, -0.15) is 0 Å². The molecule has 0 unspecified atom stereocenters. The quantitative estimate of drug-likeness (QED) is 0.802. The molecule has 0 radical (unpaired) electrons. The zero-order valence-electron chi connectivity index (χ0n) is 11.9. The molecule has 0 spiro atoms. The summed E-state index contributed by atoms with van der Waals surface area (Å²) in [6.45, 7) is 6.87. The third-order valence-electron chi connectivity index (χ3n) is 2.74. The van der Waals surface area contributed by atoms with Crippen molar-refractivity contribution < 1.29 is 14.6 Å². The number of hydrogen-bond acceptors (Lipinski definition) is 3. The van der Waals surface area contributed by atoms with Gasteiger partial charge in [0.25, 0.3) is 0 Å². The molecular formula is C15H21NO3. The Hall–Kier alpha value is -1.97. The number of methoxy groups -OCH3 is 1. The lowest BCUT2D eigenvalue weighted by molar-refractivity contribution is -0.131. The smallest absolute Gasteiger partial charge is 0.328 e. The van der Waals surface area contributed by atoms with Gasteiger partial charge < -0.3 is 15.2 Å². The average Bonchev–Trinajstić information content (AvgIpc) is 2.33. The normalized spacial score (nSPS) is 11.6. The van der Waals surface area contributed by atoms with Crippen LogP contribution in [-0.4, -0.2) is 24.7 Å². The summed E-state index contributed by atoms with van der Waals surface area (Å²) in [6, 6.07) is 5.99. The number of rotatable bonds is 5. The van der Waals surface area contributed by atoms with E-state index in [1.807, 2.05) is 18.2 Å². The molecule has 0 saturated heterocycles. The Kier molecular flexibility index (Phi) is 4.98. The van der Waals surface area contributed by atoms with Crippen LogP contribution in [0.1, 0.15) is 26.3 Å². The lowest BCUT2D eigenvalue weighted by Crippen LogP contribution is -2.12. The predicted molar refractivity (Wildman–Crippen MR) is 77.0 cm³/mol. The van der Waals surface area contributed by atoms with E-state index in [1.54, 1.807) is 13.2 Å². The Morgan fingerprint density at radius 3 is 2.63 bits per heavy atom. The van der Waals surface area contributed by atoms with Gasteiger partial charge in [-0.1, -0.05) is 32.9 Å². The first-order valence-corrected chi connectivity index (χ1v) is 6.16. The Labute approximate surface area is 114 Å². The van der Waals surface area contributed by atoms with E-state index < -0.39 is 5.97 Å². The van der Waals surface area contributed by atoms with E-state index in [0.29, 0.717) is 6.54 Å². The van der Waals surface area contributed by atoms with Gasteiger partial charge in [-0.05, 0) is 23.1 Å². The molecule has 0 saturated carbocycles. The van der Waals surface area contributed by atoms with Gasteiger partial charge in [0.05, 0.1) is 12.8 Å². The van der Waals surface area contributed by atoms with Crippen molar-refractivity contribution in [3.05, 3.63) is 35.9 Å². The molecule has 1 aromatic rings. The van der Waals surface area contributed by atoms with Crippen LogP contribution in [0.2, 0.25) is 0 Å². The van der Waals surface area contributed by atoms with Crippen molar-refractivity contribution in [2.45, 2.75) is 26.2 Å². The number of carboxylic acid groups (broad SMARTS) is 1. The number of ether oxygens (including phenoxy) is 1. The highest BCUT2D eigenvalue weighted by Crippen LogP contribution is 2.31. The molecule has 0 heterocycles. The van der Waals surface area contributed by atoms with Gasteiger partial charge in [0.1, 0.15) is 5.75 Å². The van der Waals surface area contributed by atoms with Crippen molar-refractivity contribution >= 4 is 11.7 Å². The van der Waals surface area contributed by atoms with Crippen LogP contribution < -0.4 is 10.1 Å². The van der Waals surface area contributed by atoms with Crippen molar-refractivity contribution in [2.24, 2.45) is 0 Å². The van der Waals surface area contributed by atoms with Gasteiger partial charge in [0, 0.05) is 12.6 Å². The molecule has 4 nitrogen and oxygen atoms in total. The molecule has 0 aliphatic rings. The van der Waals surface area contributed by atoms with E-state index in [4.69, 9.17) is 9.84 Å². The molecule has 0 atom stereocenters. The largest absolute Gasteiger partial charge is 0.495 e. The van der Waals surface area contributed by atoms with Gasteiger partial charge in [-0.15, -0.1) is 0 Å². The molecule has 4 heteroatoms. The highest BCUT2D eigenvalue weighted by molar-refractivity contribution is 5.79. The van der Waals surface area contributed by atoms with Gasteiger partial charge in [0.2, 0.25) is 0 Å². The highest BCUT2D eigenvalue weighted by atomic mass is 16.5. The minimum absolute atomic E-state index is 0.0552. The summed E-state index contributed by atoms with van der Waals surface area (Å²) in [4.78, 5) is 10.4. The minimum atomic E-state index is -0.947. The summed E-state index contributed by atoms with van der Waals surface area (Å²) in [7, 11) is 1.62. The first kappa shape index (κ1) is 15.1. The van der Waals surface area contributed by atoms with Crippen molar-refractivity contribution in [1.29, 1.82) is 0 Å². The molecule has 1 rings (SSSR count). The second-order valence-electron chi connectivity index (χ2n) is 5.29. The maximum Gasteiger partial charge on any atom is 0.328 e. The number of benzene rings is 1. The van der Waals surface area contributed by atoms with Crippen LogP contribution in [0.15, 0.2) is 30.4 Å². The lowest BCUT2D eigenvalue weighted by Gasteiger charge is -2.21. The van der Waals surface area contributed by atoms with Gasteiger partial charge in [0.15, 0.2) is 0 Å². The van der Waals surface area contributed by atoms with Crippen LogP contribution in [0.25, 0.3) is 0 Å². The molecule has 0 bridgehead atoms. The molecule has 2 N–H and O–H groups in total. The molecule has 104 valence electrons. The van der Waals surface area contributed by atoms with Crippen LogP contribution >= 0.6 is 0 Å². The number of nitrogens with one attached hydrogen (secondary N) is 1. The first-order valence-electron chi connectivity index (χ1n) is 6.16. The fourth-order valence-electron chi connectivity index (χ4n) is 1.64. The van der Waals surface area contributed by atoms with E-state index in [-0.39, 0.29) is 5.41 Å². The summed E-state index contributed by atoms with van der Waals surface area (Å²) in [5.41, 5.74) is 2.11. The van der Waals surface area contributed by atoms with Crippen molar-refractivity contribution in [1.82, 2.24) is 0 Å². The number of carbonyl (C=O) groups is 1. The molecule has 0 aromatic heterocycles. The molecule has 0 aliphatic carbocycles. The molecule has 0 amide bonds. The zero-order chi connectivity index (χ0) is 14.5. The van der Waals surface area contributed by atoms with E-state index in [2.05, 4.69) is 26.1 Å². The van der Waals surface area contributed by atoms with Crippen LogP contribution in [0, 0.1) is 0 Å². The molecule has 1 aromatic carbocycles. The van der Waals surface area contributed by atoms with Crippen molar-refractivity contribution in [3.8, 4) is 5.75 Å². The second-order valence-corrected chi connectivity index (χ2v) is 5.29. The number of aliphatic carboxylic acids is 1. The summed E-state index contributed by atoms with van der Waals surface area (Å²) in [5.74, 6) is -0.200. The molecule has 19 heavy (non-hydrogen) atoms. The number of anilines is 1. The zero-order valence-corrected chi connectivity index (χ0v) is 11.9. The Morgan fingerprint density at radius 1 is 1.42 bits per heavy atom. The first-order chi connectivity index (χ1) is 8.84. The fraction of sp³-hybridized carbons (Fsp3) is 0.400. The lowest BCUT2D eigenvalue weighted by atomic mass is 9.87. The van der Waals surface area contributed by atoms with Crippen LogP contribution in [-0.2, 0) is 10.2 Å². The van der Waals surface area contributed by atoms with Gasteiger partial charge >= 0.3 is 5.97 Å². The summed E-state index contributed by atoms with van der Waals surface area (Å²) in [5, 5.41) is 11.7. The predicted octanol–water partition coefficient (Wildman–Crippen LogP) is 3.05. The standard InChI is InChI=1S/C15H21NO3/c1-15(2,3)11-7-8-13(19-4)12(10-11)16-9-5-6-14(17)18/h5-8,10,16H,9H2,1-4H3,(H,17,18)/b6-5+. The maximum atomic E-state index is 10.4. The number of carboxylic acids is 1. The average molecular weight is 263 g/mol. The highest BCUT2D eigenvalue weighted by Gasteiger charge is 2.15. The topological polar surface area (TPSA) is 58.6 Å². The monoisotopic (exact) mass is 263 g/mol. The van der Waals surface area contributed by atoms with E-state index in [9.17, 15) is 4.79 Å². The minimum Gasteiger partial charge on any atom is -0.495 e. The summed E-state index contributed by atoms with van der Waals surface area (Å²) >= 11 is 0. The molecule has 0 aliphatic heterocycles. The maximum absolute atomic E-state index is 10.4. The SMILES string of the molecule is COc1ccc(C(C)(C)C)cc1NC/C=C/C(=O)O.